The monoisotopic (exact) mass is 339 g/mol. The molecule has 0 N–H and O–H groups in total. The third-order valence-corrected chi connectivity index (χ3v) is 4.74. The summed E-state index contributed by atoms with van der Waals surface area (Å²) in [7, 11) is 0. The summed E-state index contributed by atoms with van der Waals surface area (Å²) >= 11 is 0. The molecule has 1 fully saturated rings. The minimum Gasteiger partial charge on any atom is -0.342 e. The standard InChI is InChI=1S/C21H22FNO2/c22-19-11-9-17(10-12-19)21(25)18-7-4-14-23(15-18)20(24)13-8-16-5-2-1-3-6-16/h1-3,5-6,9-12,18H,4,7-8,13-15H2. The van der Waals surface area contributed by atoms with Crippen molar-refractivity contribution in [2.45, 2.75) is 25.7 Å². The Morgan fingerprint density at radius 1 is 1.04 bits per heavy atom. The Kier molecular flexibility index (Phi) is 5.59. The summed E-state index contributed by atoms with van der Waals surface area (Å²) in [4.78, 5) is 26.9. The molecule has 1 aliphatic heterocycles. The molecular formula is C21H22FNO2. The van der Waals surface area contributed by atoms with E-state index in [1.54, 1.807) is 4.90 Å². The molecule has 1 unspecified atom stereocenters. The molecule has 1 amide bonds. The summed E-state index contributed by atoms with van der Waals surface area (Å²) in [5.74, 6) is -0.446. The summed E-state index contributed by atoms with van der Waals surface area (Å²) < 4.78 is 13.0. The number of nitrogens with zero attached hydrogens (tertiary/aromatic N) is 1. The van der Waals surface area contributed by atoms with Crippen LogP contribution in [-0.2, 0) is 11.2 Å². The van der Waals surface area contributed by atoms with Gasteiger partial charge in [0.2, 0.25) is 5.91 Å². The lowest BCUT2D eigenvalue weighted by molar-refractivity contribution is -0.132. The Morgan fingerprint density at radius 2 is 1.76 bits per heavy atom. The maximum absolute atomic E-state index is 13.0. The van der Waals surface area contributed by atoms with Crippen LogP contribution in [0.1, 0.15) is 35.2 Å². The van der Waals surface area contributed by atoms with Gasteiger partial charge in [-0.3, -0.25) is 9.59 Å². The Morgan fingerprint density at radius 3 is 2.48 bits per heavy atom. The first-order valence-electron chi connectivity index (χ1n) is 8.75. The van der Waals surface area contributed by atoms with Crippen LogP contribution in [0.15, 0.2) is 54.6 Å². The fraction of sp³-hybridized carbons (Fsp3) is 0.333. The molecule has 0 spiro atoms. The number of hydrogen-bond acceptors (Lipinski definition) is 2. The van der Waals surface area contributed by atoms with E-state index in [1.807, 2.05) is 30.3 Å². The lowest BCUT2D eigenvalue weighted by Gasteiger charge is -2.32. The lowest BCUT2D eigenvalue weighted by atomic mass is 9.89. The molecule has 4 heteroatoms. The number of ketones is 1. The van der Waals surface area contributed by atoms with Gasteiger partial charge < -0.3 is 4.90 Å². The van der Waals surface area contributed by atoms with E-state index in [-0.39, 0.29) is 23.4 Å². The third kappa shape index (κ3) is 4.53. The van der Waals surface area contributed by atoms with E-state index < -0.39 is 0 Å². The summed E-state index contributed by atoms with van der Waals surface area (Å²) in [6.45, 7) is 1.17. The molecule has 0 radical (unpaired) electrons. The van der Waals surface area contributed by atoms with Gasteiger partial charge in [0.25, 0.3) is 0 Å². The summed E-state index contributed by atoms with van der Waals surface area (Å²) in [5, 5.41) is 0. The van der Waals surface area contributed by atoms with Gasteiger partial charge in [0.15, 0.2) is 5.78 Å². The third-order valence-electron chi connectivity index (χ3n) is 4.74. The number of amides is 1. The number of likely N-dealkylation sites (tertiary alicyclic amines) is 1. The van der Waals surface area contributed by atoms with Gasteiger partial charge in [0.05, 0.1) is 0 Å². The zero-order valence-electron chi connectivity index (χ0n) is 14.2. The normalized spacial score (nSPS) is 17.3. The Hall–Kier alpha value is -2.49. The fourth-order valence-electron chi connectivity index (χ4n) is 3.32. The van der Waals surface area contributed by atoms with Crippen molar-refractivity contribution in [2.75, 3.05) is 13.1 Å². The summed E-state index contributed by atoms with van der Waals surface area (Å²) in [5.41, 5.74) is 1.66. The van der Waals surface area contributed by atoms with Crippen LogP contribution in [0.4, 0.5) is 4.39 Å². The molecule has 2 aromatic rings. The number of hydrogen-bond donors (Lipinski definition) is 0. The number of carbonyl (C=O) groups is 2. The van der Waals surface area contributed by atoms with Crippen LogP contribution < -0.4 is 0 Å². The molecule has 1 aliphatic rings. The minimum atomic E-state index is -0.349. The van der Waals surface area contributed by atoms with E-state index in [4.69, 9.17) is 0 Å². The molecule has 130 valence electrons. The van der Waals surface area contributed by atoms with Crippen LogP contribution in [0, 0.1) is 11.7 Å². The Bertz CT molecular complexity index is 727. The highest BCUT2D eigenvalue weighted by molar-refractivity contribution is 5.98. The lowest BCUT2D eigenvalue weighted by Crippen LogP contribution is -2.42. The summed E-state index contributed by atoms with van der Waals surface area (Å²) in [6, 6.07) is 15.6. The van der Waals surface area contributed by atoms with Crippen molar-refractivity contribution >= 4 is 11.7 Å². The predicted octanol–water partition coefficient (Wildman–Crippen LogP) is 3.88. The van der Waals surface area contributed by atoms with Crippen molar-refractivity contribution in [1.29, 1.82) is 0 Å². The van der Waals surface area contributed by atoms with E-state index in [2.05, 4.69) is 0 Å². The van der Waals surface area contributed by atoms with Crippen molar-refractivity contribution in [3.63, 3.8) is 0 Å². The molecule has 0 aliphatic carbocycles. The van der Waals surface area contributed by atoms with E-state index >= 15 is 0 Å². The van der Waals surface area contributed by atoms with Crippen molar-refractivity contribution < 1.29 is 14.0 Å². The molecule has 3 nitrogen and oxygen atoms in total. The maximum Gasteiger partial charge on any atom is 0.222 e. The predicted molar refractivity (Wildman–Crippen MR) is 94.8 cm³/mol. The van der Waals surface area contributed by atoms with Crippen LogP contribution in [0.2, 0.25) is 0 Å². The number of carbonyl (C=O) groups excluding carboxylic acids is 2. The Labute approximate surface area is 147 Å². The molecule has 0 bridgehead atoms. The van der Waals surface area contributed by atoms with E-state index in [1.165, 1.54) is 24.3 Å². The average Bonchev–Trinajstić information content (AvgIpc) is 2.67. The highest BCUT2D eigenvalue weighted by Gasteiger charge is 2.28. The molecular weight excluding hydrogens is 317 g/mol. The van der Waals surface area contributed by atoms with Gasteiger partial charge in [-0.1, -0.05) is 30.3 Å². The number of aryl methyl sites for hydroxylation is 1. The summed E-state index contributed by atoms with van der Waals surface area (Å²) in [6.07, 6.45) is 2.78. The first-order chi connectivity index (χ1) is 12.1. The molecule has 0 aromatic heterocycles. The van der Waals surface area contributed by atoms with Crippen molar-refractivity contribution in [1.82, 2.24) is 4.90 Å². The van der Waals surface area contributed by atoms with Crippen molar-refractivity contribution in [3.05, 3.63) is 71.5 Å². The highest BCUT2D eigenvalue weighted by Crippen LogP contribution is 2.22. The maximum atomic E-state index is 13.0. The topological polar surface area (TPSA) is 37.4 Å². The number of piperidine rings is 1. The van der Waals surface area contributed by atoms with Crippen molar-refractivity contribution in [3.8, 4) is 0 Å². The molecule has 2 aromatic carbocycles. The van der Waals surface area contributed by atoms with Gasteiger partial charge in [0, 0.05) is 31.0 Å². The van der Waals surface area contributed by atoms with E-state index in [0.29, 0.717) is 31.5 Å². The van der Waals surface area contributed by atoms with Crippen LogP contribution in [0.5, 0.6) is 0 Å². The second-order valence-electron chi connectivity index (χ2n) is 6.54. The van der Waals surface area contributed by atoms with Gasteiger partial charge in [0.1, 0.15) is 5.82 Å². The first-order valence-corrected chi connectivity index (χ1v) is 8.75. The molecule has 25 heavy (non-hydrogen) atoms. The van der Waals surface area contributed by atoms with Gasteiger partial charge in [-0.05, 0) is 49.1 Å². The van der Waals surface area contributed by atoms with Crippen molar-refractivity contribution in [2.24, 2.45) is 5.92 Å². The number of Topliss-reactive ketones (excluding diaryl/α,β-unsaturated/α-hetero) is 1. The quantitative estimate of drug-likeness (QED) is 0.775. The minimum absolute atomic E-state index is 0.000518. The zero-order valence-corrected chi connectivity index (χ0v) is 14.2. The molecule has 1 heterocycles. The molecule has 3 rings (SSSR count). The second kappa shape index (κ2) is 8.06. The Balaban J connectivity index is 1.57. The number of rotatable bonds is 5. The van der Waals surface area contributed by atoms with Gasteiger partial charge in [-0.25, -0.2) is 4.39 Å². The molecule has 1 saturated heterocycles. The average molecular weight is 339 g/mol. The largest absolute Gasteiger partial charge is 0.342 e. The number of halogens is 1. The van der Waals surface area contributed by atoms with Crippen LogP contribution >= 0.6 is 0 Å². The highest BCUT2D eigenvalue weighted by atomic mass is 19.1. The van der Waals surface area contributed by atoms with E-state index in [0.717, 1.165) is 18.4 Å². The van der Waals surface area contributed by atoms with Gasteiger partial charge in [-0.15, -0.1) is 0 Å². The SMILES string of the molecule is O=C(c1ccc(F)cc1)C1CCCN(C(=O)CCc2ccccc2)C1. The van der Waals surface area contributed by atoms with Crippen LogP contribution in [0.25, 0.3) is 0 Å². The van der Waals surface area contributed by atoms with Gasteiger partial charge >= 0.3 is 0 Å². The first kappa shape index (κ1) is 17.3. The van der Waals surface area contributed by atoms with Gasteiger partial charge in [-0.2, -0.15) is 0 Å². The van der Waals surface area contributed by atoms with E-state index in [9.17, 15) is 14.0 Å². The molecule has 0 saturated carbocycles. The van der Waals surface area contributed by atoms with Crippen LogP contribution in [-0.4, -0.2) is 29.7 Å². The molecule has 1 atom stereocenters. The smallest absolute Gasteiger partial charge is 0.222 e. The fourth-order valence-corrected chi connectivity index (χ4v) is 3.32. The zero-order chi connectivity index (χ0) is 17.6. The van der Waals surface area contributed by atoms with Crippen LogP contribution in [0.3, 0.4) is 0 Å². The number of benzene rings is 2. The second-order valence-corrected chi connectivity index (χ2v) is 6.54.